The first-order chi connectivity index (χ1) is 13.4. The van der Waals surface area contributed by atoms with Gasteiger partial charge in [0, 0.05) is 36.4 Å². The Labute approximate surface area is 168 Å². The second-order valence-corrected chi connectivity index (χ2v) is 8.21. The second kappa shape index (κ2) is 8.34. The van der Waals surface area contributed by atoms with E-state index in [4.69, 9.17) is 0 Å². The summed E-state index contributed by atoms with van der Waals surface area (Å²) < 4.78 is 0. The van der Waals surface area contributed by atoms with Crippen LogP contribution in [-0.4, -0.2) is 53.4 Å². The summed E-state index contributed by atoms with van der Waals surface area (Å²) in [6, 6.07) is 6.83. The molecule has 0 bridgehead atoms. The molecule has 0 aromatic heterocycles. The number of thioether (sulfide) groups is 1. The summed E-state index contributed by atoms with van der Waals surface area (Å²) in [5.74, 6) is -1.03. The second-order valence-electron chi connectivity index (χ2n) is 7.33. The molecule has 1 aromatic rings. The zero-order chi connectivity index (χ0) is 20.3. The average Bonchev–Trinajstić information content (AvgIpc) is 3.06. The molecule has 8 heteroatoms. The van der Waals surface area contributed by atoms with Crippen LogP contribution in [0.5, 0.6) is 0 Å². The van der Waals surface area contributed by atoms with Gasteiger partial charge in [0.1, 0.15) is 0 Å². The summed E-state index contributed by atoms with van der Waals surface area (Å²) in [6.45, 7) is 2.55. The van der Waals surface area contributed by atoms with Crippen LogP contribution in [0.15, 0.2) is 29.2 Å². The van der Waals surface area contributed by atoms with Gasteiger partial charge in [0.05, 0.1) is 11.5 Å². The minimum absolute atomic E-state index is 0.0769. The molecule has 2 fully saturated rings. The van der Waals surface area contributed by atoms with Crippen molar-refractivity contribution in [2.24, 2.45) is 5.92 Å². The van der Waals surface area contributed by atoms with E-state index in [1.807, 2.05) is 25.3 Å². The van der Waals surface area contributed by atoms with Crippen molar-refractivity contribution in [2.45, 2.75) is 43.0 Å². The maximum absolute atomic E-state index is 12.7. The zero-order valence-electron chi connectivity index (χ0n) is 16.1. The number of amides is 4. The number of urea groups is 1. The van der Waals surface area contributed by atoms with Crippen LogP contribution in [-0.2, 0) is 9.59 Å². The van der Waals surface area contributed by atoms with E-state index in [9.17, 15) is 19.2 Å². The van der Waals surface area contributed by atoms with Crippen LogP contribution in [0, 0.1) is 5.92 Å². The molecule has 0 spiro atoms. The molecule has 0 aliphatic carbocycles. The first kappa shape index (κ1) is 20.4. The summed E-state index contributed by atoms with van der Waals surface area (Å²) in [7, 11) is 0. The Kier molecular flexibility index (Phi) is 6.07. The van der Waals surface area contributed by atoms with Crippen LogP contribution >= 0.6 is 11.8 Å². The summed E-state index contributed by atoms with van der Waals surface area (Å²) in [5.41, 5.74) is -0.114. The van der Waals surface area contributed by atoms with E-state index < -0.39 is 17.5 Å². The number of carbonyl (C=O) groups excluding carboxylic acids is 4. The summed E-state index contributed by atoms with van der Waals surface area (Å²) >= 11 is 1.60. The number of rotatable bonds is 7. The Morgan fingerprint density at radius 1 is 1.21 bits per heavy atom. The Balaban J connectivity index is 1.62. The van der Waals surface area contributed by atoms with E-state index in [1.165, 1.54) is 0 Å². The van der Waals surface area contributed by atoms with Gasteiger partial charge in [-0.3, -0.25) is 19.7 Å². The fourth-order valence-corrected chi connectivity index (χ4v) is 4.49. The van der Waals surface area contributed by atoms with Crippen molar-refractivity contribution in [1.29, 1.82) is 0 Å². The highest BCUT2D eigenvalue weighted by Gasteiger charge is 2.54. The standard InChI is InChI=1S/C20H25N3O4S/c1-3-10-20-12-23(11-15(20)18(26)21-19(27)22-20)17(25)9-8-16(24)13-4-6-14(28-2)7-5-13/h4-7,15H,3,8-12H2,1-2H3,(H2,21,22,26,27). The highest BCUT2D eigenvalue weighted by atomic mass is 32.2. The van der Waals surface area contributed by atoms with Crippen LogP contribution in [0.3, 0.4) is 0 Å². The lowest BCUT2D eigenvalue weighted by Gasteiger charge is -2.38. The van der Waals surface area contributed by atoms with E-state index in [1.54, 1.807) is 28.8 Å². The van der Waals surface area contributed by atoms with Crippen molar-refractivity contribution in [2.75, 3.05) is 19.3 Å². The number of nitrogens with one attached hydrogen (secondary N) is 2. The molecule has 2 heterocycles. The molecule has 150 valence electrons. The van der Waals surface area contributed by atoms with Gasteiger partial charge >= 0.3 is 6.03 Å². The number of fused-ring (bicyclic) bond motifs is 1. The Morgan fingerprint density at radius 2 is 1.93 bits per heavy atom. The molecule has 0 radical (unpaired) electrons. The number of carbonyl (C=O) groups is 4. The van der Waals surface area contributed by atoms with Crippen LogP contribution in [0.1, 0.15) is 43.0 Å². The number of hydrogen-bond donors (Lipinski definition) is 2. The maximum atomic E-state index is 12.7. The van der Waals surface area contributed by atoms with E-state index in [0.29, 0.717) is 18.5 Å². The summed E-state index contributed by atoms with van der Waals surface area (Å²) in [5, 5.41) is 5.17. The quantitative estimate of drug-likeness (QED) is 0.538. The minimum Gasteiger partial charge on any atom is -0.339 e. The molecule has 2 aliphatic heterocycles. The Hall–Kier alpha value is -2.35. The first-order valence-electron chi connectivity index (χ1n) is 9.46. The van der Waals surface area contributed by atoms with Gasteiger partial charge < -0.3 is 10.2 Å². The first-order valence-corrected chi connectivity index (χ1v) is 10.7. The smallest absolute Gasteiger partial charge is 0.321 e. The number of ketones is 1. The number of nitrogens with zero attached hydrogens (tertiary/aromatic N) is 1. The highest BCUT2D eigenvalue weighted by molar-refractivity contribution is 7.98. The topological polar surface area (TPSA) is 95.6 Å². The lowest BCUT2D eigenvalue weighted by Crippen LogP contribution is -2.66. The molecule has 0 saturated carbocycles. The van der Waals surface area contributed by atoms with Crippen LogP contribution in [0.25, 0.3) is 0 Å². The Morgan fingerprint density at radius 3 is 2.57 bits per heavy atom. The third-order valence-electron chi connectivity index (χ3n) is 5.49. The third-order valence-corrected chi connectivity index (χ3v) is 6.23. The van der Waals surface area contributed by atoms with E-state index in [-0.39, 0.29) is 37.0 Å². The number of likely N-dealkylation sites (tertiary alicyclic amines) is 1. The van der Waals surface area contributed by atoms with Gasteiger partial charge in [-0.1, -0.05) is 25.5 Å². The minimum atomic E-state index is -0.707. The van der Waals surface area contributed by atoms with Crippen molar-refractivity contribution in [1.82, 2.24) is 15.5 Å². The van der Waals surface area contributed by atoms with Crippen molar-refractivity contribution in [3.05, 3.63) is 29.8 Å². The molecule has 2 atom stereocenters. The van der Waals surface area contributed by atoms with Crippen molar-refractivity contribution in [3.8, 4) is 0 Å². The molecule has 28 heavy (non-hydrogen) atoms. The molecule has 2 N–H and O–H groups in total. The third kappa shape index (κ3) is 4.06. The molecule has 2 aliphatic rings. The molecule has 3 rings (SSSR count). The van der Waals surface area contributed by atoms with Gasteiger partial charge in [-0.25, -0.2) is 4.79 Å². The maximum Gasteiger partial charge on any atom is 0.321 e. The summed E-state index contributed by atoms with van der Waals surface area (Å²) in [4.78, 5) is 51.8. The lowest BCUT2D eigenvalue weighted by molar-refractivity contribution is -0.130. The molecule has 2 saturated heterocycles. The average molecular weight is 404 g/mol. The predicted molar refractivity (Wildman–Crippen MR) is 106 cm³/mol. The number of hydrogen-bond acceptors (Lipinski definition) is 5. The Bertz CT molecular complexity index is 795. The van der Waals surface area contributed by atoms with Crippen LogP contribution < -0.4 is 10.6 Å². The van der Waals surface area contributed by atoms with E-state index in [0.717, 1.165) is 11.3 Å². The fourth-order valence-electron chi connectivity index (χ4n) is 4.08. The predicted octanol–water partition coefficient (Wildman–Crippen LogP) is 2.21. The highest BCUT2D eigenvalue weighted by Crippen LogP contribution is 2.34. The molecular weight excluding hydrogens is 378 g/mol. The molecule has 7 nitrogen and oxygen atoms in total. The SMILES string of the molecule is CCCC12CN(C(=O)CCC(=O)c3ccc(SC)cc3)CC1C(=O)NC(=O)N2. The molecule has 2 unspecified atom stereocenters. The van der Waals surface area contributed by atoms with Crippen molar-refractivity contribution < 1.29 is 19.2 Å². The number of imide groups is 1. The summed E-state index contributed by atoms with van der Waals surface area (Å²) in [6.07, 6.45) is 3.60. The van der Waals surface area contributed by atoms with Gasteiger partial charge in [0.15, 0.2) is 5.78 Å². The normalized spacial score (nSPS) is 23.8. The lowest BCUT2D eigenvalue weighted by atomic mass is 9.81. The van der Waals surface area contributed by atoms with Crippen molar-refractivity contribution >= 4 is 35.4 Å². The van der Waals surface area contributed by atoms with Crippen LogP contribution in [0.4, 0.5) is 4.79 Å². The van der Waals surface area contributed by atoms with E-state index in [2.05, 4.69) is 10.6 Å². The molecular formula is C20H25N3O4S. The number of benzene rings is 1. The van der Waals surface area contributed by atoms with Crippen LogP contribution in [0.2, 0.25) is 0 Å². The fraction of sp³-hybridized carbons (Fsp3) is 0.500. The van der Waals surface area contributed by atoms with Gasteiger partial charge in [0.2, 0.25) is 11.8 Å². The van der Waals surface area contributed by atoms with Gasteiger partial charge in [-0.15, -0.1) is 11.8 Å². The van der Waals surface area contributed by atoms with Gasteiger partial charge in [-0.05, 0) is 24.8 Å². The van der Waals surface area contributed by atoms with E-state index >= 15 is 0 Å². The molecule has 4 amide bonds. The van der Waals surface area contributed by atoms with Gasteiger partial charge in [-0.2, -0.15) is 0 Å². The molecule has 1 aromatic carbocycles. The zero-order valence-corrected chi connectivity index (χ0v) is 16.9. The largest absolute Gasteiger partial charge is 0.339 e. The monoisotopic (exact) mass is 403 g/mol. The van der Waals surface area contributed by atoms with Crippen molar-refractivity contribution in [3.63, 3.8) is 0 Å². The van der Waals surface area contributed by atoms with Gasteiger partial charge in [0.25, 0.3) is 0 Å². The number of Topliss-reactive ketones (excluding diaryl/α,β-unsaturated/α-hetero) is 1.